The first-order valence-electron chi connectivity index (χ1n) is 13.9. The molecule has 220 valence electrons. The molecule has 0 unspecified atom stereocenters. The number of aliphatic hydroxyl groups is 1. The largest absolute Gasteiger partial charge is 0.449 e. The van der Waals surface area contributed by atoms with E-state index in [0.29, 0.717) is 17.7 Å². The molecule has 3 aromatic rings. The molecule has 1 aliphatic carbocycles. The minimum absolute atomic E-state index is 0.0798. The number of anilines is 1. The lowest BCUT2D eigenvalue weighted by Crippen LogP contribution is -2.55. The van der Waals surface area contributed by atoms with Gasteiger partial charge < -0.3 is 31.5 Å². The number of fused-ring (bicyclic) bond motifs is 3. The Morgan fingerprint density at radius 1 is 0.881 bits per heavy atom. The van der Waals surface area contributed by atoms with Gasteiger partial charge in [-0.3, -0.25) is 14.4 Å². The van der Waals surface area contributed by atoms with Gasteiger partial charge in [0, 0.05) is 11.6 Å². The molecule has 3 aromatic carbocycles. The number of hydrogen-bond donors (Lipinski definition) is 5. The van der Waals surface area contributed by atoms with Crippen molar-refractivity contribution in [1.29, 1.82) is 0 Å². The van der Waals surface area contributed by atoms with E-state index in [2.05, 4.69) is 16.0 Å². The van der Waals surface area contributed by atoms with Crippen LogP contribution in [0, 0.1) is 5.92 Å². The summed E-state index contributed by atoms with van der Waals surface area (Å²) in [6, 6.07) is 20.1. The van der Waals surface area contributed by atoms with Gasteiger partial charge in [-0.05, 0) is 45.9 Å². The normalized spacial score (nSPS) is 14.1. The Morgan fingerprint density at radius 3 is 2.02 bits per heavy atom. The number of nitrogens with two attached hydrogens (primary N) is 1. The van der Waals surface area contributed by atoms with Gasteiger partial charge in [-0.25, -0.2) is 4.79 Å². The smallest absolute Gasteiger partial charge is 0.407 e. The number of rotatable bonds is 12. The number of nitrogens with one attached hydrogen (secondary N) is 3. The van der Waals surface area contributed by atoms with E-state index >= 15 is 0 Å². The first-order chi connectivity index (χ1) is 20.2. The molecule has 0 aromatic heterocycles. The lowest BCUT2D eigenvalue weighted by Gasteiger charge is -2.26. The van der Waals surface area contributed by atoms with Crippen molar-refractivity contribution in [3.05, 3.63) is 89.5 Å². The second kappa shape index (κ2) is 13.8. The summed E-state index contributed by atoms with van der Waals surface area (Å²) in [5.74, 6) is -2.53. The Kier molecular flexibility index (Phi) is 9.93. The summed E-state index contributed by atoms with van der Waals surface area (Å²) >= 11 is 0. The fraction of sp³-hybridized carbons (Fsp3) is 0.312. The Balaban J connectivity index is 1.42. The highest BCUT2D eigenvalue weighted by atomic mass is 16.5. The van der Waals surface area contributed by atoms with E-state index in [1.165, 1.54) is 0 Å². The van der Waals surface area contributed by atoms with Crippen LogP contribution in [0.3, 0.4) is 0 Å². The van der Waals surface area contributed by atoms with Crippen LogP contribution in [0.4, 0.5) is 10.5 Å². The van der Waals surface area contributed by atoms with Gasteiger partial charge in [-0.15, -0.1) is 0 Å². The van der Waals surface area contributed by atoms with Crippen LogP contribution < -0.4 is 21.7 Å². The lowest BCUT2D eigenvalue weighted by molar-refractivity contribution is -0.130. The number of ether oxygens (including phenoxy) is 1. The topological polar surface area (TPSA) is 160 Å². The third kappa shape index (κ3) is 7.13. The van der Waals surface area contributed by atoms with Crippen LogP contribution in [0.25, 0.3) is 11.1 Å². The maximum Gasteiger partial charge on any atom is 0.407 e. The molecule has 6 N–H and O–H groups in total. The van der Waals surface area contributed by atoms with E-state index in [-0.39, 0.29) is 25.0 Å². The van der Waals surface area contributed by atoms with Crippen molar-refractivity contribution in [3.63, 3.8) is 0 Å². The van der Waals surface area contributed by atoms with E-state index < -0.39 is 42.3 Å². The number of benzene rings is 3. The summed E-state index contributed by atoms with van der Waals surface area (Å²) < 4.78 is 5.63. The number of alkyl carbamates (subject to hydrolysis) is 1. The summed E-state index contributed by atoms with van der Waals surface area (Å²) in [6.45, 7) is 3.59. The third-order valence-electron chi connectivity index (χ3n) is 7.55. The summed E-state index contributed by atoms with van der Waals surface area (Å²) in [6.07, 6.45) is -0.659. The Hall–Kier alpha value is -4.70. The number of aliphatic hydroxyl groups excluding tert-OH is 1. The average molecular weight is 573 g/mol. The van der Waals surface area contributed by atoms with Crippen LogP contribution in [-0.4, -0.2) is 47.6 Å². The van der Waals surface area contributed by atoms with Gasteiger partial charge in [0.1, 0.15) is 18.7 Å². The molecule has 4 amide bonds. The zero-order valence-electron chi connectivity index (χ0n) is 23.6. The second-order valence-corrected chi connectivity index (χ2v) is 10.4. The third-order valence-corrected chi connectivity index (χ3v) is 7.55. The average Bonchev–Trinajstić information content (AvgIpc) is 3.31. The molecule has 0 spiro atoms. The standard InChI is InChI=1S/C32H36N4O6/c1-3-19(2)29(31(40)35-27(16-28(33)38)30(39)34-21-14-12-20(17-37)13-15-21)36-32(41)42-18-26-24-10-6-4-8-22(24)23-9-5-7-11-25(23)26/h4-15,19,26-27,29,37H,3,16-18H2,1-2H3,(H2,33,38)(H,34,39)(H,35,40)(H,36,41)/t19-,27-,29-/m0/s1. The zero-order chi connectivity index (χ0) is 30.2. The number of carbonyl (C=O) groups is 4. The number of carbonyl (C=O) groups excluding carboxylic acids is 4. The van der Waals surface area contributed by atoms with Gasteiger partial charge in [-0.2, -0.15) is 0 Å². The van der Waals surface area contributed by atoms with E-state index in [4.69, 9.17) is 10.5 Å². The molecule has 0 aliphatic heterocycles. The van der Waals surface area contributed by atoms with Crippen molar-refractivity contribution in [1.82, 2.24) is 10.6 Å². The van der Waals surface area contributed by atoms with Crippen molar-refractivity contribution in [2.24, 2.45) is 11.7 Å². The van der Waals surface area contributed by atoms with Gasteiger partial charge in [0.15, 0.2) is 0 Å². The predicted octanol–water partition coefficient (Wildman–Crippen LogP) is 3.43. The molecule has 4 rings (SSSR count). The molecule has 0 radical (unpaired) electrons. The van der Waals surface area contributed by atoms with Gasteiger partial charge in [-0.1, -0.05) is 80.9 Å². The van der Waals surface area contributed by atoms with Crippen LogP contribution in [0.5, 0.6) is 0 Å². The minimum atomic E-state index is -1.27. The highest BCUT2D eigenvalue weighted by Crippen LogP contribution is 2.44. The molecule has 10 nitrogen and oxygen atoms in total. The SMILES string of the molecule is CC[C@H](C)[C@H](NC(=O)OCC1c2ccccc2-c2ccccc21)C(=O)N[C@@H](CC(N)=O)C(=O)Nc1ccc(CO)cc1. The van der Waals surface area contributed by atoms with Crippen molar-refractivity contribution in [2.45, 2.75) is 51.3 Å². The van der Waals surface area contributed by atoms with Crippen molar-refractivity contribution in [2.75, 3.05) is 11.9 Å². The summed E-state index contributed by atoms with van der Waals surface area (Å²) in [7, 11) is 0. The van der Waals surface area contributed by atoms with E-state index in [9.17, 15) is 24.3 Å². The zero-order valence-corrected chi connectivity index (χ0v) is 23.6. The van der Waals surface area contributed by atoms with Crippen molar-refractivity contribution < 1.29 is 29.0 Å². The molecule has 3 atom stereocenters. The molecular weight excluding hydrogens is 536 g/mol. The van der Waals surface area contributed by atoms with Crippen LogP contribution >= 0.6 is 0 Å². The van der Waals surface area contributed by atoms with Gasteiger partial charge in [0.05, 0.1) is 13.0 Å². The molecule has 0 bridgehead atoms. The molecular formula is C32H36N4O6. The Morgan fingerprint density at radius 2 is 1.48 bits per heavy atom. The quantitative estimate of drug-likeness (QED) is 0.224. The first kappa shape index (κ1) is 30.3. The van der Waals surface area contributed by atoms with Crippen molar-refractivity contribution >= 4 is 29.5 Å². The number of hydrogen-bond acceptors (Lipinski definition) is 6. The summed E-state index contributed by atoms with van der Waals surface area (Å²) in [5, 5.41) is 17.1. The molecule has 0 saturated heterocycles. The van der Waals surface area contributed by atoms with E-state index in [0.717, 1.165) is 22.3 Å². The monoisotopic (exact) mass is 572 g/mol. The minimum Gasteiger partial charge on any atom is -0.449 e. The number of amides is 4. The fourth-order valence-corrected chi connectivity index (χ4v) is 5.06. The molecule has 0 saturated carbocycles. The molecule has 10 heteroatoms. The highest BCUT2D eigenvalue weighted by Gasteiger charge is 2.33. The van der Waals surface area contributed by atoms with Gasteiger partial charge >= 0.3 is 6.09 Å². The summed E-state index contributed by atoms with van der Waals surface area (Å²) in [5.41, 5.74) is 10.8. The van der Waals surface area contributed by atoms with Crippen LogP contribution in [0.15, 0.2) is 72.8 Å². The maximum atomic E-state index is 13.4. The molecule has 0 heterocycles. The first-order valence-corrected chi connectivity index (χ1v) is 13.9. The highest BCUT2D eigenvalue weighted by molar-refractivity contribution is 6.00. The molecule has 0 fully saturated rings. The Bertz CT molecular complexity index is 1400. The van der Waals surface area contributed by atoms with Crippen molar-refractivity contribution in [3.8, 4) is 11.1 Å². The maximum absolute atomic E-state index is 13.4. The van der Waals surface area contributed by atoms with Gasteiger partial charge in [0.2, 0.25) is 17.7 Å². The predicted molar refractivity (Wildman–Crippen MR) is 158 cm³/mol. The molecule has 1 aliphatic rings. The van der Waals surface area contributed by atoms with Crippen LogP contribution in [-0.2, 0) is 25.7 Å². The van der Waals surface area contributed by atoms with E-state index in [1.807, 2.05) is 55.5 Å². The van der Waals surface area contributed by atoms with E-state index in [1.54, 1.807) is 31.2 Å². The van der Waals surface area contributed by atoms with Crippen LogP contribution in [0.2, 0.25) is 0 Å². The van der Waals surface area contributed by atoms with Crippen LogP contribution in [0.1, 0.15) is 49.3 Å². The second-order valence-electron chi connectivity index (χ2n) is 10.4. The Labute approximate surface area is 244 Å². The summed E-state index contributed by atoms with van der Waals surface area (Å²) in [4.78, 5) is 51.0. The fourth-order valence-electron chi connectivity index (χ4n) is 5.06. The lowest BCUT2D eigenvalue weighted by atomic mass is 9.97. The number of primary amides is 1. The molecule has 42 heavy (non-hydrogen) atoms. The van der Waals surface area contributed by atoms with Gasteiger partial charge in [0.25, 0.3) is 0 Å².